The Balaban J connectivity index is 1.46. The Bertz CT molecular complexity index is 1040. The number of anilines is 1. The molecular formula is C24H30N3O2+. The number of methoxy groups -OCH3 is 1. The van der Waals surface area contributed by atoms with Crippen LogP contribution in [0.1, 0.15) is 28.5 Å². The Morgan fingerprint density at radius 3 is 2.83 bits per heavy atom. The molecule has 0 amide bonds. The van der Waals surface area contributed by atoms with Crippen LogP contribution in [-0.4, -0.2) is 50.1 Å². The van der Waals surface area contributed by atoms with E-state index in [0.29, 0.717) is 12.6 Å². The smallest absolute Gasteiger partial charge is 0.219 e. The zero-order valence-electron chi connectivity index (χ0n) is 17.7. The first-order valence-corrected chi connectivity index (χ1v) is 10.3. The summed E-state index contributed by atoms with van der Waals surface area (Å²) in [5.41, 5.74) is 5.27. The fourth-order valence-electron chi connectivity index (χ4n) is 4.58. The zero-order valence-corrected chi connectivity index (χ0v) is 17.7. The Hall–Kier alpha value is -2.79. The van der Waals surface area contributed by atoms with Crippen LogP contribution in [0.4, 0.5) is 5.69 Å². The number of rotatable bonds is 5. The number of ether oxygens (including phenoxy) is 1. The molecule has 2 N–H and O–H groups in total. The van der Waals surface area contributed by atoms with Crippen molar-refractivity contribution < 1.29 is 14.4 Å². The molecule has 2 aromatic carbocycles. The van der Waals surface area contributed by atoms with Gasteiger partial charge in [-0.15, -0.1) is 0 Å². The summed E-state index contributed by atoms with van der Waals surface area (Å²) in [7, 11) is 1.70. The van der Waals surface area contributed by atoms with Gasteiger partial charge in [-0.05, 0) is 44.5 Å². The van der Waals surface area contributed by atoms with Gasteiger partial charge in [0.25, 0.3) is 0 Å². The van der Waals surface area contributed by atoms with Gasteiger partial charge in [0.15, 0.2) is 0 Å². The molecule has 29 heavy (non-hydrogen) atoms. The molecule has 0 spiro atoms. The quantitative estimate of drug-likeness (QED) is 0.657. The summed E-state index contributed by atoms with van der Waals surface area (Å²) in [5, 5.41) is 1.04. The minimum atomic E-state index is 0.231. The normalized spacial score (nSPS) is 19.5. The van der Waals surface area contributed by atoms with Crippen molar-refractivity contribution in [3.63, 3.8) is 0 Å². The lowest BCUT2D eigenvalue weighted by Gasteiger charge is -2.38. The second-order valence-electron chi connectivity index (χ2n) is 8.22. The highest BCUT2D eigenvalue weighted by Crippen LogP contribution is 2.24. The largest absolute Gasteiger partial charge is 0.497 e. The number of piperazine rings is 1. The predicted molar refractivity (Wildman–Crippen MR) is 117 cm³/mol. The van der Waals surface area contributed by atoms with Crippen molar-refractivity contribution in [1.82, 2.24) is 4.98 Å². The summed E-state index contributed by atoms with van der Waals surface area (Å²) in [5.74, 6) is 1.11. The first kappa shape index (κ1) is 19.5. The topological polar surface area (TPSA) is 49.8 Å². The number of quaternary nitrogens is 1. The lowest BCUT2D eigenvalue weighted by molar-refractivity contribution is -0.894. The van der Waals surface area contributed by atoms with Crippen molar-refractivity contribution in [1.29, 1.82) is 0 Å². The number of aryl methyl sites for hydroxylation is 2. The Kier molecular flexibility index (Phi) is 5.33. The second-order valence-corrected chi connectivity index (χ2v) is 8.22. The van der Waals surface area contributed by atoms with Gasteiger partial charge in [-0.1, -0.05) is 18.2 Å². The Morgan fingerprint density at radius 1 is 1.24 bits per heavy atom. The first-order valence-electron chi connectivity index (χ1n) is 10.3. The standard InChI is InChI=1S/C24H29N3O2/c1-16-8-9-21-22(12-16)25-18(3)24(21)23(28)15-26-10-11-27(17(2)14-26)19-6-5-7-20(13-19)29-4/h5-9,12-13,17,25H,10-11,14-15H2,1-4H3/p+1/t17-/m1/s1. The number of hydrogen-bond donors (Lipinski definition) is 2. The van der Waals surface area contributed by atoms with E-state index in [0.717, 1.165) is 47.5 Å². The van der Waals surface area contributed by atoms with Crippen LogP contribution in [0.5, 0.6) is 5.75 Å². The second kappa shape index (κ2) is 7.91. The van der Waals surface area contributed by atoms with E-state index < -0.39 is 0 Å². The van der Waals surface area contributed by atoms with Crippen LogP contribution in [0.15, 0.2) is 42.5 Å². The summed E-state index contributed by atoms with van der Waals surface area (Å²) in [4.78, 5) is 20.3. The van der Waals surface area contributed by atoms with Crippen molar-refractivity contribution in [2.45, 2.75) is 26.8 Å². The SMILES string of the molecule is COc1cccc(N2CC[NH+](CC(=O)c3c(C)[nH]c4cc(C)ccc34)C[C@H]2C)c1. The maximum absolute atomic E-state index is 13.2. The van der Waals surface area contributed by atoms with E-state index in [1.807, 2.05) is 19.1 Å². The average Bonchev–Trinajstić information content (AvgIpc) is 3.03. The van der Waals surface area contributed by atoms with Crippen LogP contribution in [0.2, 0.25) is 0 Å². The van der Waals surface area contributed by atoms with Crippen LogP contribution < -0.4 is 14.5 Å². The highest BCUT2D eigenvalue weighted by molar-refractivity contribution is 6.09. The molecule has 2 atom stereocenters. The van der Waals surface area contributed by atoms with E-state index in [4.69, 9.17) is 4.74 Å². The lowest BCUT2D eigenvalue weighted by Crippen LogP contribution is -3.16. The zero-order chi connectivity index (χ0) is 20.5. The van der Waals surface area contributed by atoms with Crippen molar-refractivity contribution in [2.24, 2.45) is 0 Å². The van der Waals surface area contributed by atoms with Gasteiger partial charge < -0.3 is 19.5 Å². The van der Waals surface area contributed by atoms with E-state index in [1.165, 1.54) is 16.2 Å². The molecule has 5 nitrogen and oxygen atoms in total. The molecule has 0 aliphatic carbocycles. The third-order valence-corrected chi connectivity index (χ3v) is 6.04. The summed E-state index contributed by atoms with van der Waals surface area (Å²) < 4.78 is 5.37. The van der Waals surface area contributed by atoms with Crippen LogP contribution in [-0.2, 0) is 0 Å². The molecule has 0 saturated carbocycles. The fourth-order valence-corrected chi connectivity index (χ4v) is 4.58. The number of fused-ring (bicyclic) bond motifs is 1. The molecule has 4 rings (SSSR count). The number of carbonyl (C=O) groups is 1. The van der Waals surface area contributed by atoms with Gasteiger partial charge in [-0.3, -0.25) is 4.79 Å². The van der Waals surface area contributed by atoms with E-state index in [9.17, 15) is 4.79 Å². The molecule has 1 fully saturated rings. The molecule has 0 bridgehead atoms. The van der Waals surface area contributed by atoms with Crippen molar-refractivity contribution in [3.05, 3.63) is 59.3 Å². The average molecular weight is 393 g/mol. The third-order valence-electron chi connectivity index (χ3n) is 6.04. The van der Waals surface area contributed by atoms with Gasteiger partial charge in [0.05, 0.1) is 38.3 Å². The monoisotopic (exact) mass is 392 g/mol. The van der Waals surface area contributed by atoms with Gasteiger partial charge in [-0.2, -0.15) is 0 Å². The Labute approximate surface area is 172 Å². The fraction of sp³-hybridized carbons (Fsp3) is 0.375. The van der Waals surface area contributed by atoms with Crippen LogP contribution in [0.3, 0.4) is 0 Å². The van der Waals surface area contributed by atoms with E-state index in [1.54, 1.807) is 7.11 Å². The lowest BCUT2D eigenvalue weighted by atomic mass is 10.0. The van der Waals surface area contributed by atoms with Gasteiger partial charge in [0, 0.05) is 28.4 Å². The number of H-pyrrole nitrogens is 1. The molecule has 5 heteroatoms. The van der Waals surface area contributed by atoms with Gasteiger partial charge >= 0.3 is 0 Å². The highest BCUT2D eigenvalue weighted by atomic mass is 16.5. The number of Topliss-reactive ketones (excluding diaryl/α,β-unsaturated/α-hetero) is 1. The van der Waals surface area contributed by atoms with E-state index in [2.05, 4.69) is 54.1 Å². The predicted octanol–water partition coefficient (Wildman–Crippen LogP) is 2.77. The molecule has 0 radical (unpaired) electrons. The number of nitrogens with zero attached hydrogens (tertiary/aromatic N) is 1. The molecule has 1 aromatic heterocycles. The molecule has 1 aliphatic heterocycles. The number of carbonyl (C=O) groups excluding carboxylic acids is 1. The molecule has 3 aromatic rings. The summed E-state index contributed by atoms with van der Waals surface area (Å²) >= 11 is 0. The summed E-state index contributed by atoms with van der Waals surface area (Å²) in [6, 6.07) is 14.8. The third kappa shape index (κ3) is 3.87. The summed E-state index contributed by atoms with van der Waals surface area (Å²) in [6.07, 6.45) is 0. The molecule has 152 valence electrons. The van der Waals surface area contributed by atoms with Gasteiger partial charge in [-0.25, -0.2) is 0 Å². The summed E-state index contributed by atoms with van der Waals surface area (Å²) in [6.45, 7) is 9.69. The number of nitrogens with one attached hydrogen (secondary N) is 2. The first-order chi connectivity index (χ1) is 14.0. The van der Waals surface area contributed by atoms with Crippen LogP contribution in [0.25, 0.3) is 10.9 Å². The maximum atomic E-state index is 13.2. The molecule has 1 unspecified atom stereocenters. The highest BCUT2D eigenvalue weighted by Gasteiger charge is 2.29. The number of aromatic nitrogens is 1. The molecule has 2 heterocycles. The molecule has 1 saturated heterocycles. The molecule has 1 aliphatic rings. The van der Waals surface area contributed by atoms with Gasteiger partial charge in [0.2, 0.25) is 5.78 Å². The van der Waals surface area contributed by atoms with Crippen LogP contribution in [0, 0.1) is 13.8 Å². The maximum Gasteiger partial charge on any atom is 0.219 e. The number of hydrogen-bond acceptors (Lipinski definition) is 3. The minimum Gasteiger partial charge on any atom is -0.497 e. The van der Waals surface area contributed by atoms with Crippen LogP contribution >= 0.6 is 0 Å². The molecular weight excluding hydrogens is 362 g/mol. The van der Waals surface area contributed by atoms with E-state index >= 15 is 0 Å². The van der Waals surface area contributed by atoms with Crippen molar-refractivity contribution >= 4 is 22.4 Å². The Morgan fingerprint density at radius 2 is 2.07 bits per heavy atom. The number of ketones is 1. The minimum absolute atomic E-state index is 0.231. The van der Waals surface area contributed by atoms with Crippen molar-refractivity contribution in [3.8, 4) is 5.75 Å². The van der Waals surface area contributed by atoms with Gasteiger partial charge in [0.1, 0.15) is 12.3 Å². The van der Waals surface area contributed by atoms with Crippen molar-refractivity contribution in [2.75, 3.05) is 38.2 Å². The van der Waals surface area contributed by atoms with E-state index in [-0.39, 0.29) is 5.78 Å². The number of benzene rings is 2. The number of aromatic amines is 1.